The van der Waals surface area contributed by atoms with Gasteiger partial charge in [0.25, 0.3) is 5.88 Å². The SMILES string of the molecule is Cc1c2c(nn1C1CCOCC1)OCCCNc1nc(ncc1Br)N2. The van der Waals surface area contributed by atoms with Crippen molar-refractivity contribution >= 4 is 33.4 Å². The molecule has 0 aromatic carbocycles. The number of ether oxygens (including phenoxy) is 2. The lowest BCUT2D eigenvalue weighted by molar-refractivity contribution is 0.0652. The minimum atomic E-state index is 0.336. The molecule has 0 amide bonds. The number of hydrogen-bond acceptors (Lipinski definition) is 7. The molecule has 4 heterocycles. The number of fused-ring (bicyclic) bond motifs is 3. The summed E-state index contributed by atoms with van der Waals surface area (Å²) < 4.78 is 14.3. The van der Waals surface area contributed by atoms with Gasteiger partial charge >= 0.3 is 0 Å². The maximum Gasteiger partial charge on any atom is 0.257 e. The van der Waals surface area contributed by atoms with Crippen LogP contribution in [0.4, 0.5) is 17.5 Å². The molecule has 2 aromatic rings. The monoisotopic (exact) mass is 408 g/mol. The predicted octanol–water partition coefficient (Wildman–Crippen LogP) is 3.03. The molecule has 25 heavy (non-hydrogen) atoms. The van der Waals surface area contributed by atoms with Crippen molar-refractivity contribution in [3.8, 4) is 5.88 Å². The molecular weight excluding hydrogens is 388 g/mol. The minimum absolute atomic E-state index is 0.336. The first-order valence-electron chi connectivity index (χ1n) is 8.55. The Hall–Kier alpha value is -1.87. The van der Waals surface area contributed by atoms with Crippen LogP contribution in [0.25, 0.3) is 0 Å². The van der Waals surface area contributed by atoms with Crippen molar-refractivity contribution in [3.63, 3.8) is 0 Å². The Morgan fingerprint density at radius 1 is 1.28 bits per heavy atom. The molecule has 0 saturated carbocycles. The summed E-state index contributed by atoms with van der Waals surface area (Å²) in [6.07, 6.45) is 4.53. The van der Waals surface area contributed by atoms with E-state index in [9.17, 15) is 0 Å². The smallest absolute Gasteiger partial charge is 0.257 e. The second kappa shape index (κ2) is 7.17. The molecule has 2 bridgehead atoms. The molecule has 9 heteroatoms. The van der Waals surface area contributed by atoms with Gasteiger partial charge in [0.2, 0.25) is 5.95 Å². The van der Waals surface area contributed by atoms with Gasteiger partial charge in [0.15, 0.2) is 0 Å². The Kier molecular flexibility index (Phi) is 4.76. The molecule has 0 radical (unpaired) electrons. The van der Waals surface area contributed by atoms with Gasteiger partial charge in [-0.15, -0.1) is 5.10 Å². The van der Waals surface area contributed by atoms with Crippen LogP contribution in [0.1, 0.15) is 31.0 Å². The molecule has 0 unspecified atom stereocenters. The van der Waals surface area contributed by atoms with Crippen molar-refractivity contribution in [2.45, 2.75) is 32.2 Å². The summed E-state index contributed by atoms with van der Waals surface area (Å²) >= 11 is 3.48. The van der Waals surface area contributed by atoms with Gasteiger partial charge in [-0.1, -0.05) is 0 Å². The first kappa shape index (κ1) is 16.6. The van der Waals surface area contributed by atoms with Gasteiger partial charge in [-0.05, 0) is 42.1 Å². The van der Waals surface area contributed by atoms with Crippen LogP contribution in [0, 0.1) is 6.92 Å². The summed E-state index contributed by atoms with van der Waals surface area (Å²) in [5, 5.41) is 11.3. The zero-order valence-electron chi connectivity index (χ0n) is 14.1. The first-order chi connectivity index (χ1) is 12.2. The van der Waals surface area contributed by atoms with Crippen LogP contribution in [0.2, 0.25) is 0 Å². The van der Waals surface area contributed by atoms with E-state index < -0.39 is 0 Å². The Morgan fingerprint density at radius 3 is 2.96 bits per heavy atom. The van der Waals surface area contributed by atoms with Crippen molar-refractivity contribution in [2.75, 3.05) is 37.0 Å². The molecule has 134 valence electrons. The summed E-state index contributed by atoms with van der Waals surface area (Å²) in [4.78, 5) is 8.90. The van der Waals surface area contributed by atoms with Crippen LogP contribution in [-0.2, 0) is 4.74 Å². The molecule has 2 aliphatic heterocycles. The van der Waals surface area contributed by atoms with Crippen LogP contribution in [0.5, 0.6) is 5.88 Å². The molecule has 0 aliphatic carbocycles. The lowest BCUT2D eigenvalue weighted by Crippen LogP contribution is -2.21. The van der Waals surface area contributed by atoms with Crippen molar-refractivity contribution in [3.05, 3.63) is 16.4 Å². The average Bonchev–Trinajstić information content (AvgIpc) is 2.92. The zero-order valence-corrected chi connectivity index (χ0v) is 15.7. The van der Waals surface area contributed by atoms with Gasteiger partial charge in [0.1, 0.15) is 11.5 Å². The van der Waals surface area contributed by atoms with Crippen molar-refractivity contribution in [2.24, 2.45) is 0 Å². The molecule has 0 atom stereocenters. The van der Waals surface area contributed by atoms with Gasteiger partial charge in [-0.25, -0.2) is 4.98 Å². The maximum atomic E-state index is 5.95. The molecule has 1 fully saturated rings. The predicted molar refractivity (Wildman–Crippen MR) is 97.7 cm³/mol. The summed E-state index contributed by atoms with van der Waals surface area (Å²) in [6.45, 7) is 4.95. The van der Waals surface area contributed by atoms with Gasteiger partial charge < -0.3 is 20.1 Å². The van der Waals surface area contributed by atoms with Crippen molar-refractivity contribution < 1.29 is 9.47 Å². The highest BCUT2D eigenvalue weighted by Crippen LogP contribution is 2.34. The van der Waals surface area contributed by atoms with Crippen LogP contribution >= 0.6 is 15.9 Å². The molecular formula is C16H21BrN6O2. The highest BCUT2D eigenvalue weighted by atomic mass is 79.9. The number of nitrogens with one attached hydrogen (secondary N) is 2. The molecule has 8 nitrogen and oxygen atoms in total. The molecule has 1 saturated heterocycles. The highest BCUT2D eigenvalue weighted by molar-refractivity contribution is 9.10. The molecule has 2 N–H and O–H groups in total. The average molecular weight is 409 g/mol. The summed E-state index contributed by atoms with van der Waals surface area (Å²) in [7, 11) is 0. The standard InChI is InChI=1S/C16H21BrN6O2/c1-10-13-15(22-23(10)11-3-7-24-8-4-11)25-6-2-5-18-14-12(17)9-19-16(20-13)21-14/h9,11H,2-8H2,1H3,(H2,18,19,20,21). The lowest BCUT2D eigenvalue weighted by atomic mass is 10.1. The van der Waals surface area contributed by atoms with E-state index in [1.807, 2.05) is 0 Å². The summed E-state index contributed by atoms with van der Waals surface area (Å²) in [6, 6.07) is 0.336. The third-order valence-corrected chi connectivity index (χ3v) is 5.07. The van der Waals surface area contributed by atoms with E-state index >= 15 is 0 Å². The van der Waals surface area contributed by atoms with E-state index in [1.54, 1.807) is 6.20 Å². The number of hydrogen-bond donors (Lipinski definition) is 2. The maximum absolute atomic E-state index is 5.95. The number of anilines is 3. The van der Waals surface area contributed by atoms with Gasteiger partial charge in [-0.3, -0.25) is 4.68 Å². The van der Waals surface area contributed by atoms with E-state index in [1.165, 1.54) is 0 Å². The second-order valence-corrected chi connectivity index (χ2v) is 7.05. The normalized spacial score (nSPS) is 18.3. The van der Waals surface area contributed by atoms with E-state index in [-0.39, 0.29) is 0 Å². The Balaban J connectivity index is 1.71. The van der Waals surface area contributed by atoms with E-state index in [0.29, 0.717) is 24.5 Å². The fourth-order valence-corrected chi connectivity index (χ4v) is 3.46. The molecule has 2 aliphatic rings. The molecule has 0 spiro atoms. The third kappa shape index (κ3) is 3.43. The lowest BCUT2D eigenvalue weighted by Gasteiger charge is -2.23. The number of aromatic nitrogens is 4. The van der Waals surface area contributed by atoms with Gasteiger partial charge in [0.05, 0.1) is 22.8 Å². The topological polar surface area (TPSA) is 86.1 Å². The van der Waals surface area contributed by atoms with Crippen LogP contribution in [-0.4, -0.2) is 46.1 Å². The fraction of sp³-hybridized carbons (Fsp3) is 0.562. The molecule has 4 rings (SSSR count). The number of halogens is 1. The Bertz CT molecular complexity index is 759. The minimum Gasteiger partial charge on any atom is -0.475 e. The fourth-order valence-electron chi connectivity index (χ4n) is 3.13. The van der Waals surface area contributed by atoms with Gasteiger partial charge in [0, 0.05) is 26.0 Å². The van der Waals surface area contributed by atoms with Crippen LogP contribution < -0.4 is 15.4 Å². The number of nitrogens with zero attached hydrogens (tertiary/aromatic N) is 4. The van der Waals surface area contributed by atoms with Gasteiger partial charge in [-0.2, -0.15) is 4.98 Å². The van der Waals surface area contributed by atoms with Crippen LogP contribution in [0.15, 0.2) is 10.7 Å². The second-order valence-electron chi connectivity index (χ2n) is 6.20. The van der Waals surface area contributed by atoms with E-state index in [4.69, 9.17) is 14.6 Å². The highest BCUT2D eigenvalue weighted by Gasteiger charge is 2.24. The zero-order chi connectivity index (χ0) is 17.2. The third-order valence-electron chi connectivity index (χ3n) is 4.49. The van der Waals surface area contributed by atoms with Crippen LogP contribution in [0.3, 0.4) is 0 Å². The van der Waals surface area contributed by atoms with Crippen molar-refractivity contribution in [1.82, 2.24) is 19.7 Å². The quantitative estimate of drug-likeness (QED) is 0.749. The van der Waals surface area contributed by atoms with E-state index in [0.717, 1.165) is 60.7 Å². The molecule has 2 aromatic heterocycles. The largest absolute Gasteiger partial charge is 0.475 e. The Labute approximate surface area is 154 Å². The van der Waals surface area contributed by atoms with Crippen molar-refractivity contribution in [1.29, 1.82) is 0 Å². The number of rotatable bonds is 1. The van der Waals surface area contributed by atoms with E-state index in [2.05, 4.69) is 48.1 Å². The summed E-state index contributed by atoms with van der Waals surface area (Å²) in [5.74, 6) is 1.90. The first-order valence-corrected chi connectivity index (χ1v) is 9.35. The summed E-state index contributed by atoms with van der Waals surface area (Å²) in [5.41, 5.74) is 1.86. The Morgan fingerprint density at radius 2 is 2.12 bits per heavy atom.